The lowest BCUT2D eigenvalue weighted by molar-refractivity contribution is 0.0940. The molecule has 6 heteroatoms. The maximum Gasteiger partial charge on any atom is 0.261 e. The van der Waals surface area contributed by atoms with Gasteiger partial charge in [0.25, 0.3) is 5.91 Å². The van der Waals surface area contributed by atoms with Crippen LogP contribution in [0.3, 0.4) is 0 Å². The fourth-order valence-electron chi connectivity index (χ4n) is 2.02. The van der Waals surface area contributed by atoms with Crippen LogP contribution < -0.4 is 10.2 Å². The van der Waals surface area contributed by atoms with Gasteiger partial charge in [0.1, 0.15) is 4.83 Å². The molecule has 0 radical (unpaired) electrons. The zero-order valence-corrected chi connectivity index (χ0v) is 12.9. The molecule has 1 aliphatic carbocycles. The number of thiazole rings is 1. The molecule has 1 aliphatic rings. The zero-order valence-electron chi connectivity index (χ0n) is 11.3. The van der Waals surface area contributed by atoms with Crippen LogP contribution in [0.1, 0.15) is 29.4 Å². The summed E-state index contributed by atoms with van der Waals surface area (Å²) >= 11 is 3.10. The summed E-state index contributed by atoms with van der Waals surface area (Å²) < 4.78 is 1.10. The van der Waals surface area contributed by atoms with Crippen molar-refractivity contribution in [2.45, 2.75) is 25.8 Å². The molecule has 4 nitrogen and oxygen atoms in total. The van der Waals surface area contributed by atoms with Crippen LogP contribution in [-0.4, -0.2) is 31.0 Å². The monoisotopic (exact) mass is 295 g/mol. The first-order valence-corrected chi connectivity index (χ1v) is 8.06. The van der Waals surface area contributed by atoms with Crippen molar-refractivity contribution < 1.29 is 4.79 Å². The summed E-state index contributed by atoms with van der Waals surface area (Å²) in [4.78, 5) is 20.4. The van der Waals surface area contributed by atoms with Crippen molar-refractivity contribution in [1.82, 2.24) is 10.3 Å². The highest BCUT2D eigenvalue weighted by Crippen LogP contribution is 2.35. The first kappa shape index (κ1) is 12.9. The molecule has 3 rings (SSSR count). The van der Waals surface area contributed by atoms with E-state index in [0.717, 1.165) is 19.5 Å². The minimum atomic E-state index is 0.0426. The number of hydrogen-bond acceptors (Lipinski definition) is 5. The third kappa shape index (κ3) is 2.60. The van der Waals surface area contributed by atoms with Crippen LogP contribution in [0.2, 0.25) is 0 Å². The summed E-state index contributed by atoms with van der Waals surface area (Å²) in [5, 5.41) is 4.07. The van der Waals surface area contributed by atoms with Crippen LogP contribution in [0, 0.1) is 5.92 Å². The molecule has 0 aliphatic heterocycles. The minimum Gasteiger partial charge on any atom is -0.354 e. The van der Waals surface area contributed by atoms with Crippen molar-refractivity contribution >= 4 is 43.2 Å². The second kappa shape index (κ2) is 4.76. The number of anilines is 1. The second-order valence-corrected chi connectivity index (χ2v) is 7.31. The Morgan fingerprint density at radius 1 is 1.47 bits per heavy atom. The Morgan fingerprint density at radius 3 is 2.79 bits per heavy atom. The van der Waals surface area contributed by atoms with Gasteiger partial charge in [0.2, 0.25) is 0 Å². The molecular formula is C13H17N3OS2. The van der Waals surface area contributed by atoms with E-state index in [0.29, 0.717) is 5.92 Å². The van der Waals surface area contributed by atoms with E-state index in [9.17, 15) is 4.79 Å². The molecule has 2 aromatic heterocycles. The van der Waals surface area contributed by atoms with Crippen molar-refractivity contribution in [2.75, 3.05) is 19.0 Å². The molecule has 0 aromatic carbocycles. The van der Waals surface area contributed by atoms with E-state index >= 15 is 0 Å². The number of aromatic nitrogens is 1. The molecule has 1 N–H and O–H groups in total. The number of carbonyl (C=O) groups excluding carboxylic acids is 1. The molecule has 0 saturated heterocycles. The van der Waals surface area contributed by atoms with Gasteiger partial charge in [-0.1, -0.05) is 11.3 Å². The number of fused-ring (bicyclic) bond motifs is 1. The summed E-state index contributed by atoms with van der Waals surface area (Å²) in [6.07, 6.45) is 2.49. The molecule has 1 atom stereocenters. The number of rotatable bonds is 4. The van der Waals surface area contributed by atoms with Crippen LogP contribution in [0.25, 0.3) is 9.53 Å². The van der Waals surface area contributed by atoms with E-state index in [2.05, 4.69) is 17.2 Å². The Morgan fingerprint density at radius 2 is 2.21 bits per heavy atom. The van der Waals surface area contributed by atoms with Crippen molar-refractivity contribution in [3.8, 4) is 0 Å². The second-order valence-electron chi connectivity index (χ2n) is 5.27. The summed E-state index contributed by atoms with van der Waals surface area (Å²) in [5.74, 6) is 0.726. The quantitative estimate of drug-likeness (QED) is 0.943. The molecule has 2 heterocycles. The SMILES string of the molecule is C[C@H](NC(=O)c1cc2sc(N(C)C)nc2s1)C1CC1. The van der Waals surface area contributed by atoms with Crippen molar-refractivity contribution in [2.24, 2.45) is 5.92 Å². The van der Waals surface area contributed by atoms with Gasteiger partial charge >= 0.3 is 0 Å². The Labute approximate surface area is 120 Å². The summed E-state index contributed by atoms with van der Waals surface area (Å²) in [6.45, 7) is 2.09. The lowest BCUT2D eigenvalue weighted by atomic mass is 10.2. The predicted octanol–water partition coefficient (Wildman–Crippen LogP) is 2.95. The van der Waals surface area contributed by atoms with Crippen LogP contribution in [0.4, 0.5) is 5.13 Å². The molecule has 1 saturated carbocycles. The van der Waals surface area contributed by atoms with E-state index in [1.54, 1.807) is 11.3 Å². The van der Waals surface area contributed by atoms with Gasteiger partial charge in [-0.05, 0) is 31.7 Å². The molecule has 19 heavy (non-hydrogen) atoms. The number of amides is 1. The van der Waals surface area contributed by atoms with E-state index in [-0.39, 0.29) is 11.9 Å². The molecule has 1 fully saturated rings. The van der Waals surface area contributed by atoms with Gasteiger partial charge in [-0.2, -0.15) is 0 Å². The van der Waals surface area contributed by atoms with Crippen LogP contribution >= 0.6 is 22.7 Å². The number of nitrogens with zero attached hydrogens (tertiary/aromatic N) is 2. The third-order valence-electron chi connectivity index (χ3n) is 3.37. The highest BCUT2D eigenvalue weighted by molar-refractivity contribution is 7.29. The number of nitrogens with one attached hydrogen (secondary N) is 1. The van der Waals surface area contributed by atoms with Crippen molar-refractivity contribution in [3.63, 3.8) is 0 Å². The standard InChI is InChI=1S/C13H17N3OS2/c1-7(8-4-5-8)14-11(17)9-6-10-12(18-9)15-13(19-10)16(2)3/h6-8H,4-5H2,1-3H3,(H,14,17)/t7-/m0/s1. The van der Waals surface area contributed by atoms with Gasteiger partial charge in [0.05, 0.1) is 9.58 Å². The number of thiophene rings is 1. The summed E-state index contributed by atoms with van der Waals surface area (Å²) in [7, 11) is 3.96. The Hall–Kier alpha value is -1.14. The van der Waals surface area contributed by atoms with E-state index in [1.165, 1.54) is 24.2 Å². The highest BCUT2D eigenvalue weighted by Gasteiger charge is 2.29. The number of hydrogen-bond donors (Lipinski definition) is 1. The fourth-order valence-corrected chi connectivity index (χ4v) is 4.06. The van der Waals surface area contributed by atoms with E-state index < -0.39 is 0 Å². The average molecular weight is 295 g/mol. The molecule has 2 aromatic rings. The average Bonchev–Trinajstić information content (AvgIpc) is 2.99. The molecule has 102 valence electrons. The minimum absolute atomic E-state index is 0.0426. The van der Waals surface area contributed by atoms with Gasteiger partial charge in [0.15, 0.2) is 5.13 Å². The van der Waals surface area contributed by atoms with Gasteiger partial charge in [0, 0.05) is 20.1 Å². The molecule has 0 unspecified atom stereocenters. The summed E-state index contributed by atoms with van der Waals surface area (Å²) in [6, 6.07) is 2.25. The maximum absolute atomic E-state index is 12.1. The normalized spacial score (nSPS) is 16.6. The Balaban J connectivity index is 1.77. The van der Waals surface area contributed by atoms with Crippen LogP contribution in [0.15, 0.2) is 6.07 Å². The molecular weight excluding hydrogens is 278 g/mol. The fraction of sp³-hybridized carbons (Fsp3) is 0.538. The topological polar surface area (TPSA) is 45.2 Å². The molecule has 1 amide bonds. The summed E-state index contributed by atoms with van der Waals surface area (Å²) in [5.41, 5.74) is 0. The van der Waals surface area contributed by atoms with E-state index in [1.807, 2.05) is 25.1 Å². The van der Waals surface area contributed by atoms with Crippen LogP contribution in [0.5, 0.6) is 0 Å². The lowest BCUT2D eigenvalue weighted by Crippen LogP contribution is -2.33. The smallest absolute Gasteiger partial charge is 0.261 e. The van der Waals surface area contributed by atoms with Gasteiger partial charge in [-0.15, -0.1) is 11.3 Å². The van der Waals surface area contributed by atoms with Gasteiger partial charge in [-0.3, -0.25) is 4.79 Å². The molecule has 0 spiro atoms. The van der Waals surface area contributed by atoms with Crippen molar-refractivity contribution in [1.29, 1.82) is 0 Å². The number of carbonyl (C=O) groups is 1. The van der Waals surface area contributed by atoms with Crippen molar-refractivity contribution in [3.05, 3.63) is 10.9 Å². The first-order chi connectivity index (χ1) is 9.04. The Bertz CT molecular complexity index is 581. The predicted molar refractivity (Wildman–Crippen MR) is 81.5 cm³/mol. The van der Waals surface area contributed by atoms with Gasteiger partial charge < -0.3 is 10.2 Å². The Kier molecular flexibility index (Phi) is 3.22. The highest BCUT2D eigenvalue weighted by atomic mass is 32.1. The van der Waals surface area contributed by atoms with Gasteiger partial charge in [-0.25, -0.2) is 4.98 Å². The lowest BCUT2D eigenvalue weighted by Gasteiger charge is -2.11. The first-order valence-electron chi connectivity index (χ1n) is 6.43. The zero-order chi connectivity index (χ0) is 13.6. The van der Waals surface area contributed by atoms with E-state index in [4.69, 9.17) is 0 Å². The molecule has 0 bridgehead atoms. The van der Waals surface area contributed by atoms with Crippen LogP contribution in [-0.2, 0) is 0 Å². The largest absolute Gasteiger partial charge is 0.354 e. The maximum atomic E-state index is 12.1. The third-order valence-corrected chi connectivity index (χ3v) is 5.70.